The van der Waals surface area contributed by atoms with E-state index in [1.165, 1.54) is 92.8 Å². The summed E-state index contributed by atoms with van der Waals surface area (Å²) in [7, 11) is 31.4. The maximum atomic E-state index is 6.89. The van der Waals surface area contributed by atoms with Gasteiger partial charge in [0.15, 0.2) is 17.5 Å². The van der Waals surface area contributed by atoms with Gasteiger partial charge in [0.25, 0.3) is 0 Å². The summed E-state index contributed by atoms with van der Waals surface area (Å²) >= 11 is 0. The number of hydrogen-bond acceptors (Lipinski definition) is 4. The van der Waals surface area contributed by atoms with Crippen LogP contribution in [0.4, 0.5) is 0 Å². The third kappa shape index (κ3) is 5.68. The Labute approximate surface area is 359 Å². The molecule has 9 aromatic rings. The van der Waals surface area contributed by atoms with Gasteiger partial charge in [0.05, 0.1) is 0 Å². The van der Waals surface area contributed by atoms with E-state index in [9.17, 15) is 0 Å². The molecule has 7 aromatic carbocycles. The molecule has 9 rings (SSSR count). The second kappa shape index (κ2) is 14.2. The fourth-order valence-electron chi connectivity index (χ4n) is 9.90. The smallest absolute Gasteiger partial charge is 0.164 e. The molecular formula is C41H39B14N3O. The lowest BCUT2D eigenvalue weighted by Gasteiger charge is -2.25. The van der Waals surface area contributed by atoms with E-state index in [0.717, 1.165) is 54.9 Å². The van der Waals surface area contributed by atoms with Crippen molar-refractivity contribution in [2.45, 2.75) is 0 Å². The molecule has 266 valence electrons. The van der Waals surface area contributed by atoms with Gasteiger partial charge in [-0.05, 0) is 32.7 Å². The summed E-state index contributed by atoms with van der Waals surface area (Å²) in [6, 6.07) is 23.6. The van der Waals surface area contributed by atoms with Crippen LogP contribution in [-0.4, -0.2) is 125 Å². The summed E-state index contributed by atoms with van der Waals surface area (Å²) in [5, 5.41) is 7.25. The van der Waals surface area contributed by atoms with Crippen LogP contribution in [0.15, 0.2) is 71.1 Å². The Morgan fingerprint density at radius 2 is 0.746 bits per heavy atom. The first kappa shape index (κ1) is 39.3. The number of fused-ring (bicyclic) bond motifs is 5. The van der Waals surface area contributed by atoms with Crippen LogP contribution in [0.1, 0.15) is 0 Å². The Kier molecular flexibility index (Phi) is 9.46. The van der Waals surface area contributed by atoms with Crippen molar-refractivity contribution < 1.29 is 4.42 Å². The maximum absolute atomic E-state index is 6.89. The Bertz CT molecular complexity index is 3330. The van der Waals surface area contributed by atoms with E-state index in [1.807, 2.05) is 18.2 Å². The van der Waals surface area contributed by atoms with Crippen molar-refractivity contribution in [1.82, 2.24) is 15.0 Å². The lowest BCUT2D eigenvalue weighted by atomic mass is 9.58. The first-order valence-electron chi connectivity index (χ1n) is 20.9. The molecular weight excluding hydrogens is 702 g/mol. The number of benzene rings is 7. The van der Waals surface area contributed by atoms with Crippen LogP contribution in [-0.2, 0) is 0 Å². The average molecular weight is 741 g/mol. The van der Waals surface area contributed by atoms with Crippen LogP contribution in [0.25, 0.3) is 88.8 Å². The first-order valence-corrected chi connectivity index (χ1v) is 20.9. The fraction of sp³-hybridized carbons (Fsp3) is 0. The largest absolute Gasteiger partial charge is 0.457 e. The second-order valence-corrected chi connectivity index (χ2v) is 17.1. The van der Waals surface area contributed by atoms with Crippen LogP contribution in [0, 0.1) is 0 Å². The van der Waals surface area contributed by atoms with Gasteiger partial charge in [-0.15, -0.1) is 21.9 Å². The molecule has 0 aliphatic heterocycles. The zero-order valence-corrected chi connectivity index (χ0v) is 37.1. The van der Waals surface area contributed by atoms with E-state index in [4.69, 9.17) is 19.4 Å². The molecule has 0 bridgehead atoms. The van der Waals surface area contributed by atoms with Gasteiger partial charge < -0.3 is 4.42 Å². The summed E-state index contributed by atoms with van der Waals surface area (Å²) in [6.07, 6.45) is 0. The average Bonchev–Trinajstić information content (AvgIpc) is 3.65. The van der Waals surface area contributed by atoms with E-state index < -0.39 is 0 Å². The molecule has 0 aliphatic rings. The SMILES string of the molecule is Bc1c(B)c(B)c2c(oc3c(B)c(B)c(B)c(-c4nc(-c5ccccc5)nc(-c5cccc6c(-c7c(B)c(B)c(B)c8c(B)c(B)c(B)c(B)c78)cccc56)n4)c32)c1B. The molecule has 0 saturated heterocycles. The van der Waals surface area contributed by atoms with E-state index in [1.54, 1.807) is 0 Å². The molecule has 0 aliphatic carbocycles. The zero-order chi connectivity index (χ0) is 41.9. The quantitative estimate of drug-likeness (QED) is 0.169. The molecule has 18 heteroatoms. The molecule has 0 unspecified atom stereocenters. The Balaban J connectivity index is 1.38. The van der Waals surface area contributed by atoms with Gasteiger partial charge in [0.1, 0.15) is 121 Å². The number of aromatic nitrogens is 3. The number of furan rings is 1. The highest BCUT2D eigenvalue weighted by Crippen LogP contribution is 2.37. The minimum absolute atomic E-state index is 0.644. The Hall–Kier alpha value is -5.22. The van der Waals surface area contributed by atoms with Gasteiger partial charge in [-0.2, -0.15) is 0 Å². The number of hydrogen-bond donors (Lipinski definition) is 0. The standard InChI is InChI=1S/C41H39B14N3O/c42-23-17(18-20(25(44)29(23)48)26(45)31(50)30(49)24(18)43)15-10-4-9-14-13(15)8-5-11-16(14)40-56-39(12-6-2-1-3-7-12)57-41(58-40)22-19-21-27(46)32(51)34(53)36(55)38(21)59-37(19)35(54)33(52)28(22)47/h1-11H,42-55H2. The molecule has 0 atom stereocenters. The van der Waals surface area contributed by atoms with Crippen LogP contribution in [0.5, 0.6) is 0 Å². The molecule has 0 fully saturated rings. The monoisotopic (exact) mass is 743 g/mol. The lowest BCUT2D eigenvalue weighted by molar-refractivity contribution is 0.675. The maximum Gasteiger partial charge on any atom is 0.164 e. The van der Waals surface area contributed by atoms with E-state index >= 15 is 0 Å². The summed E-state index contributed by atoms with van der Waals surface area (Å²) in [6.45, 7) is 0. The molecule has 0 amide bonds. The fourth-order valence-corrected chi connectivity index (χ4v) is 9.90. The number of nitrogens with zero attached hydrogens (tertiary/aromatic N) is 3. The minimum atomic E-state index is 0.644. The molecule has 4 nitrogen and oxygen atoms in total. The Morgan fingerprint density at radius 1 is 0.305 bits per heavy atom. The van der Waals surface area contributed by atoms with Crippen molar-refractivity contribution in [3.05, 3.63) is 66.7 Å². The minimum Gasteiger partial charge on any atom is -0.457 e. The van der Waals surface area contributed by atoms with Crippen molar-refractivity contribution >= 4 is 230 Å². The van der Waals surface area contributed by atoms with Crippen LogP contribution in [0.2, 0.25) is 0 Å². The molecule has 2 heterocycles. The summed E-state index contributed by atoms with van der Waals surface area (Å²) < 4.78 is 6.89. The van der Waals surface area contributed by atoms with Crippen LogP contribution in [0.3, 0.4) is 0 Å². The normalized spacial score (nSPS) is 11.7. The molecule has 2 aromatic heterocycles. The second-order valence-electron chi connectivity index (χ2n) is 17.1. The van der Waals surface area contributed by atoms with Crippen molar-refractivity contribution in [2.75, 3.05) is 0 Å². The van der Waals surface area contributed by atoms with Gasteiger partial charge in [0, 0.05) is 27.5 Å². The molecule has 59 heavy (non-hydrogen) atoms. The van der Waals surface area contributed by atoms with E-state index in [0.29, 0.717) is 17.5 Å². The van der Waals surface area contributed by atoms with Gasteiger partial charge in [-0.3, -0.25) is 0 Å². The van der Waals surface area contributed by atoms with Crippen molar-refractivity contribution in [1.29, 1.82) is 0 Å². The third-order valence-electron chi connectivity index (χ3n) is 14.5. The van der Waals surface area contributed by atoms with E-state index in [-0.39, 0.29) is 0 Å². The highest BCUT2D eigenvalue weighted by Gasteiger charge is 2.26. The van der Waals surface area contributed by atoms with Gasteiger partial charge in [-0.1, -0.05) is 121 Å². The summed E-state index contributed by atoms with van der Waals surface area (Å²) in [4.78, 5) is 16.1. The van der Waals surface area contributed by atoms with Gasteiger partial charge in [-0.25, -0.2) is 15.0 Å². The molecule has 0 N–H and O–H groups in total. The molecule has 0 spiro atoms. The Morgan fingerprint density at radius 3 is 1.37 bits per heavy atom. The van der Waals surface area contributed by atoms with Crippen molar-refractivity contribution in [2.24, 2.45) is 0 Å². The molecule has 0 saturated carbocycles. The summed E-state index contributed by atoms with van der Waals surface area (Å²) in [5.41, 5.74) is 25.3. The van der Waals surface area contributed by atoms with Crippen molar-refractivity contribution in [3.63, 3.8) is 0 Å². The van der Waals surface area contributed by atoms with Crippen LogP contribution < -0.4 is 76.5 Å². The third-order valence-corrected chi connectivity index (χ3v) is 14.5. The van der Waals surface area contributed by atoms with Crippen molar-refractivity contribution in [3.8, 4) is 45.3 Å². The topological polar surface area (TPSA) is 51.8 Å². The number of rotatable bonds is 4. The summed E-state index contributed by atoms with van der Waals surface area (Å²) in [5.74, 6) is 1.94. The first-order chi connectivity index (χ1) is 28.1. The zero-order valence-electron chi connectivity index (χ0n) is 37.1. The van der Waals surface area contributed by atoms with Gasteiger partial charge >= 0.3 is 0 Å². The predicted molar refractivity (Wildman–Crippen MR) is 298 cm³/mol. The van der Waals surface area contributed by atoms with Gasteiger partial charge in [0.2, 0.25) is 0 Å². The molecule has 0 radical (unpaired) electrons. The predicted octanol–water partition coefficient (Wildman–Crippen LogP) is -13.6. The van der Waals surface area contributed by atoms with E-state index in [2.05, 4.69) is 158 Å². The highest BCUT2D eigenvalue weighted by molar-refractivity contribution is 6.72. The van der Waals surface area contributed by atoms with Crippen LogP contribution >= 0.6 is 0 Å². The lowest BCUT2D eigenvalue weighted by Crippen LogP contribution is -2.52. The highest BCUT2D eigenvalue weighted by atomic mass is 16.3.